The van der Waals surface area contributed by atoms with Gasteiger partial charge < -0.3 is 9.52 Å². The van der Waals surface area contributed by atoms with Crippen LogP contribution in [-0.4, -0.2) is 19.6 Å². The Balaban J connectivity index is 0.00000567. The fraction of sp³-hybridized carbons (Fsp3) is 0.188. The first-order valence-corrected chi connectivity index (χ1v) is 23.9. The summed E-state index contributed by atoms with van der Waals surface area (Å²) >= 11 is 0. The van der Waals surface area contributed by atoms with Crippen LogP contribution in [0, 0.1) is 6.07 Å². The summed E-state index contributed by atoms with van der Waals surface area (Å²) in [6, 6.07) is 61.6. The van der Waals surface area contributed by atoms with Gasteiger partial charge in [-0.05, 0) is 103 Å². The van der Waals surface area contributed by atoms with Crippen LogP contribution in [-0.2, 0) is 37.3 Å². The second-order valence-electron chi connectivity index (χ2n) is 21.6. The molecule has 3 heterocycles. The molecule has 0 unspecified atom stereocenters. The standard InChI is InChI=1S/C64H56N3O2.Pt/c1-62(2,3)45-27-28-55(48(36-45)40-21-14-11-15-22-40)67-56-26-18-25-47(58(56)66-61(67)52-37-46(63(4,5)6)38-53(59(52)68)64(7,8)9)44-32-50-49-31-41-23-16-17-24-42(41)35-57(49)69-60(50)51(33-44)54-34-43(29-30-65-54)39-19-12-10-13-20-39;/h10-32,34-38,68H,1-9H3;/q-1;. The number of imidazole rings is 1. The van der Waals surface area contributed by atoms with Gasteiger partial charge in [-0.15, -0.1) is 17.7 Å². The van der Waals surface area contributed by atoms with Crippen molar-refractivity contribution in [1.29, 1.82) is 0 Å². The molecule has 11 aromatic rings. The molecule has 3 aromatic heterocycles. The van der Waals surface area contributed by atoms with Gasteiger partial charge in [0.1, 0.15) is 17.2 Å². The van der Waals surface area contributed by atoms with Crippen molar-refractivity contribution >= 4 is 43.7 Å². The van der Waals surface area contributed by atoms with Gasteiger partial charge in [-0.1, -0.05) is 189 Å². The van der Waals surface area contributed by atoms with Crippen molar-refractivity contribution < 1.29 is 30.6 Å². The molecule has 0 aliphatic carbocycles. The summed E-state index contributed by atoms with van der Waals surface area (Å²) in [5.74, 6) is 0.893. The van der Waals surface area contributed by atoms with E-state index in [1.165, 1.54) is 5.56 Å². The Morgan fingerprint density at radius 1 is 0.543 bits per heavy atom. The van der Waals surface area contributed by atoms with Crippen LogP contribution in [0.25, 0.3) is 105 Å². The molecule has 0 amide bonds. The molecule has 5 nitrogen and oxygen atoms in total. The van der Waals surface area contributed by atoms with E-state index in [1.54, 1.807) is 0 Å². The Hall–Kier alpha value is -7.07. The van der Waals surface area contributed by atoms with Crippen molar-refractivity contribution in [3.8, 4) is 67.5 Å². The molecule has 1 N–H and O–H groups in total. The minimum absolute atomic E-state index is 0. The Labute approximate surface area is 425 Å². The van der Waals surface area contributed by atoms with Gasteiger partial charge in [-0.3, -0.25) is 9.55 Å². The van der Waals surface area contributed by atoms with E-state index in [9.17, 15) is 5.11 Å². The Morgan fingerprint density at radius 2 is 1.20 bits per heavy atom. The van der Waals surface area contributed by atoms with Crippen molar-refractivity contribution in [2.45, 2.75) is 78.6 Å². The third-order valence-electron chi connectivity index (χ3n) is 13.7. The van der Waals surface area contributed by atoms with Gasteiger partial charge in [0.25, 0.3) is 0 Å². The summed E-state index contributed by atoms with van der Waals surface area (Å²) in [5, 5.41) is 16.9. The monoisotopic (exact) mass is 1090 g/mol. The second-order valence-corrected chi connectivity index (χ2v) is 21.6. The van der Waals surface area contributed by atoms with Gasteiger partial charge in [0.05, 0.1) is 27.9 Å². The number of fused-ring (bicyclic) bond motifs is 5. The van der Waals surface area contributed by atoms with Gasteiger partial charge in [-0.25, -0.2) is 4.98 Å². The smallest absolute Gasteiger partial charge is 0.148 e. The largest absolute Gasteiger partial charge is 0.507 e. The van der Waals surface area contributed by atoms with E-state index in [0.29, 0.717) is 11.4 Å². The number of furan rings is 1. The average molecular weight is 1090 g/mol. The van der Waals surface area contributed by atoms with Crippen LogP contribution in [0.3, 0.4) is 0 Å². The number of benzene rings is 8. The summed E-state index contributed by atoms with van der Waals surface area (Å²) in [6.45, 7) is 19.9. The first kappa shape index (κ1) is 46.6. The molecular formula is C64H56N3O2Pt-. The van der Waals surface area contributed by atoms with Gasteiger partial charge in [-0.2, -0.15) is 0 Å². The molecule has 0 atom stereocenters. The minimum atomic E-state index is -0.350. The Kier molecular flexibility index (Phi) is 11.6. The van der Waals surface area contributed by atoms with Gasteiger partial charge in [0.15, 0.2) is 0 Å². The van der Waals surface area contributed by atoms with E-state index in [-0.39, 0.29) is 43.1 Å². The molecule has 0 saturated carbocycles. The number of phenolic OH excluding ortho intramolecular Hbond substituents is 1. The normalized spacial score (nSPS) is 12.3. The second kappa shape index (κ2) is 17.4. The number of para-hydroxylation sites is 1. The summed E-state index contributed by atoms with van der Waals surface area (Å²) < 4.78 is 9.14. The zero-order chi connectivity index (χ0) is 48.0. The minimum Gasteiger partial charge on any atom is -0.507 e. The average Bonchev–Trinajstić information content (AvgIpc) is 3.90. The van der Waals surface area contributed by atoms with Gasteiger partial charge in [0, 0.05) is 49.5 Å². The van der Waals surface area contributed by atoms with Crippen molar-refractivity contribution in [2.75, 3.05) is 0 Å². The number of phenols is 1. The summed E-state index contributed by atoms with van der Waals surface area (Å²) in [6.07, 6.45) is 1.87. The number of aromatic nitrogens is 3. The fourth-order valence-electron chi connectivity index (χ4n) is 9.80. The molecule has 8 aromatic carbocycles. The van der Waals surface area contributed by atoms with Crippen LogP contribution in [0.4, 0.5) is 0 Å². The molecule has 0 radical (unpaired) electrons. The van der Waals surface area contributed by atoms with Crippen LogP contribution in [0.1, 0.15) is 79.0 Å². The molecule has 0 aliphatic rings. The zero-order valence-electron chi connectivity index (χ0n) is 41.2. The van der Waals surface area contributed by atoms with E-state index in [4.69, 9.17) is 14.4 Å². The first-order chi connectivity index (χ1) is 33.0. The predicted octanol–water partition coefficient (Wildman–Crippen LogP) is 17.2. The van der Waals surface area contributed by atoms with E-state index < -0.39 is 0 Å². The molecule has 0 saturated heterocycles. The van der Waals surface area contributed by atoms with Crippen LogP contribution >= 0.6 is 0 Å². The number of pyridine rings is 1. The third kappa shape index (κ3) is 8.24. The SMILES string of the molecule is CC(C)(C)c1ccc(-n2c(-c3cc(C(C)(C)C)cc(C(C)(C)C)c3O)nc3c(-c4[c-]c(-c5cc(-c6ccccc6)ccn5)c5oc6cc7ccccc7cc6c5c4)cccc32)c(-c2ccccc2)c1.[Pt]. The third-order valence-corrected chi connectivity index (χ3v) is 13.7. The van der Waals surface area contributed by atoms with Crippen molar-refractivity contribution in [3.05, 3.63) is 193 Å². The fourth-order valence-corrected chi connectivity index (χ4v) is 9.80. The molecule has 11 rings (SSSR count). The van der Waals surface area contributed by atoms with Crippen molar-refractivity contribution in [3.63, 3.8) is 0 Å². The molecule has 0 aliphatic heterocycles. The van der Waals surface area contributed by atoms with Gasteiger partial charge in [0.2, 0.25) is 0 Å². The van der Waals surface area contributed by atoms with Crippen LogP contribution in [0.5, 0.6) is 5.75 Å². The Bertz CT molecular complexity index is 3790. The molecule has 6 heteroatoms. The maximum atomic E-state index is 12.6. The van der Waals surface area contributed by atoms with E-state index in [0.717, 1.165) is 105 Å². The number of hydrogen-bond acceptors (Lipinski definition) is 4. The van der Waals surface area contributed by atoms with E-state index in [1.807, 2.05) is 18.3 Å². The number of hydrogen-bond donors (Lipinski definition) is 1. The summed E-state index contributed by atoms with van der Waals surface area (Å²) in [4.78, 5) is 10.7. The van der Waals surface area contributed by atoms with E-state index >= 15 is 0 Å². The van der Waals surface area contributed by atoms with Gasteiger partial charge >= 0.3 is 0 Å². The molecule has 0 spiro atoms. The summed E-state index contributed by atoms with van der Waals surface area (Å²) in [5.41, 5.74) is 15.1. The van der Waals surface area contributed by atoms with Crippen molar-refractivity contribution in [2.24, 2.45) is 0 Å². The topological polar surface area (TPSA) is 64.1 Å². The molecule has 0 bridgehead atoms. The van der Waals surface area contributed by atoms with Crippen LogP contribution in [0.2, 0.25) is 0 Å². The van der Waals surface area contributed by atoms with Crippen molar-refractivity contribution in [1.82, 2.24) is 14.5 Å². The van der Waals surface area contributed by atoms with Crippen LogP contribution < -0.4 is 0 Å². The molecule has 350 valence electrons. The number of rotatable bonds is 6. The first-order valence-electron chi connectivity index (χ1n) is 23.9. The quantitative estimate of drug-likeness (QED) is 0.169. The van der Waals surface area contributed by atoms with Crippen LogP contribution in [0.15, 0.2) is 174 Å². The molecule has 0 fully saturated rings. The maximum Gasteiger partial charge on any atom is 0.148 e. The molecule has 70 heavy (non-hydrogen) atoms. The predicted molar refractivity (Wildman–Crippen MR) is 287 cm³/mol. The number of aromatic hydroxyl groups is 1. The zero-order valence-corrected chi connectivity index (χ0v) is 43.5. The molecular weight excluding hydrogens is 1040 g/mol. The Morgan fingerprint density at radius 3 is 1.89 bits per heavy atom. The number of nitrogens with zero attached hydrogens (tertiary/aromatic N) is 3. The maximum absolute atomic E-state index is 12.6. The summed E-state index contributed by atoms with van der Waals surface area (Å²) in [7, 11) is 0. The van der Waals surface area contributed by atoms with E-state index in [2.05, 4.69) is 225 Å².